The second kappa shape index (κ2) is 5.97. The van der Waals surface area contributed by atoms with E-state index in [9.17, 15) is 0 Å². The van der Waals surface area contributed by atoms with Crippen LogP contribution in [0.1, 0.15) is 24.4 Å². The second-order valence-corrected chi connectivity index (χ2v) is 5.28. The Morgan fingerprint density at radius 2 is 2.05 bits per heavy atom. The molecule has 0 radical (unpaired) electrons. The van der Waals surface area contributed by atoms with E-state index in [1.165, 1.54) is 18.5 Å². The maximum Gasteiger partial charge on any atom is 0.120 e. The fourth-order valence-electron chi connectivity index (χ4n) is 2.76. The molecule has 1 saturated heterocycles. The number of hydrogen-bond donors (Lipinski definition) is 1. The van der Waals surface area contributed by atoms with E-state index in [1.807, 2.05) is 24.7 Å². The number of H-pyrrole nitrogens is 1. The van der Waals surface area contributed by atoms with Crippen LogP contribution in [0.25, 0.3) is 0 Å². The minimum atomic E-state index is 0.780. The van der Waals surface area contributed by atoms with Gasteiger partial charge in [-0.05, 0) is 50.4 Å². The molecule has 1 aliphatic heterocycles. The highest BCUT2D eigenvalue weighted by Gasteiger charge is 2.20. The van der Waals surface area contributed by atoms with Gasteiger partial charge in [0.1, 0.15) is 5.82 Å². The first-order valence-electron chi connectivity index (χ1n) is 7.00. The van der Waals surface area contributed by atoms with Gasteiger partial charge in [-0.3, -0.25) is 9.88 Å². The van der Waals surface area contributed by atoms with Crippen LogP contribution in [0.15, 0.2) is 36.8 Å². The van der Waals surface area contributed by atoms with Crippen LogP contribution in [-0.2, 0) is 13.0 Å². The van der Waals surface area contributed by atoms with Gasteiger partial charge in [-0.15, -0.1) is 0 Å². The Balaban J connectivity index is 1.47. The molecule has 3 rings (SSSR count). The lowest BCUT2D eigenvalue weighted by Gasteiger charge is -2.31. The summed E-state index contributed by atoms with van der Waals surface area (Å²) in [5.74, 6) is 1.85. The lowest BCUT2D eigenvalue weighted by molar-refractivity contribution is 0.173. The van der Waals surface area contributed by atoms with Crippen molar-refractivity contribution in [2.45, 2.75) is 25.8 Å². The van der Waals surface area contributed by atoms with Crippen LogP contribution in [0.4, 0.5) is 0 Å². The zero-order valence-electron chi connectivity index (χ0n) is 11.1. The van der Waals surface area contributed by atoms with Crippen molar-refractivity contribution in [1.29, 1.82) is 0 Å². The summed E-state index contributed by atoms with van der Waals surface area (Å²) in [6.45, 7) is 3.28. The summed E-state index contributed by atoms with van der Waals surface area (Å²) >= 11 is 0. The number of nitrogens with zero attached hydrogens (tertiary/aromatic N) is 3. The Morgan fingerprint density at radius 1 is 1.16 bits per heavy atom. The molecule has 3 heterocycles. The van der Waals surface area contributed by atoms with Crippen molar-refractivity contribution >= 4 is 0 Å². The van der Waals surface area contributed by atoms with E-state index in [1.54, 1.807) is 0 Å². The Morgan fingerprint density at radius 3 is 2.74 bits per heavy atom. The first kappa shape index (κ1) is 12.4. The van der Waals surface area contributed by atoms with Crippen molar-refractivity contribution in [3.63, 3.8) is 0 Å². The van der Waals surface area contributed by atoms with E-state index in [0.717, 1.165) is 37.8 Å². The summed E-state index contributed by atoms with van der Waals surface area (Å²) in [4.78, 5) is 14.4. The number of rotatable bonds is 4. The molecule has 0 spiro atoms. The number of hydrogen-bond acceptors (Lipinski definition) is 3. The lowest BCUT2D eigenvalue weighted by atomic mass is 9.92. The molecule has 4 nitrogen and oxygen atoms in total. The molecule has 19 heavy (non-hydrogen) atoms. The van der Waals surface area contributed by atoms with Crippen molar-refractivity contribution < 1.29 is 0 Å². The second-order valence-electron chi connectivity index (χ2n) is 5.28. The Hall–Kier alpha value is -1.68. The van der Waals surface area contributed by atoms with Gasteiger partial charge in [-0.25, -0.2) is 4.98 Å². The number of pyridine rings is 1. The molecular formula is C15H20N4. The molecular weight excluding hydrogens is 236 g/mol. The third-order valence-electron chi connectivity index (χ3n) is 3.86. The number of imidazole rings is 1. The van der Waals surface area contributed by atoms with E-state index in [2.05, 4.69) is 32.0 Å². The molecule has 1 N–H and O–H groups in total. The van der Waals surface area contributed by atoms with Crippen LogP contribution in [0.3, 0.4) is 0 Å². The van der Waals surface area contributed by atoms with Gasteiger partial charge in [0, 0.05) is 24.3 Å². The van der Waals surface area contributed by atoms with Crippen LogP contribution in [0.2, 0.25) is 0 Å². The zero-order chi connectivity index (χ0) is 12.9. The van der Waals surface area contributed by atoms with Gasteiger partial charge in [0.15, 0.2) is 0 Å². The van der Waals surface area contributed by atoms with Crippen molar-refractivity contribution in [3.8, 4) is 0 Å². The highest BCUT2D eigenvalue weighted by molar-refractivity contribution is 5.04. The predicted octanol–water partition coefficient (Wildman–Crippen LogP) is 2.26. The molecule has 0 atom stereocenters. The van der Waals surface area contributed by atoms with Crippen molar-refractivity contribution in [3.05, 3.63) is 48.3 Å². The molecule has 2 aromatic heterocycles. The number of nitrogens with one attached hydrogen (secondary N) is 1. The van der Waals surface area contributed by atoms with Gasteiger partial charge < -0.3 is 4.98 Å². The molecule has 2 aromatic rings. The van der Waals surface area contributed by atoms with Gasteiger partial charge in [-0.2, -0.15) is 0 Å². The van der Waals surface area contributed by atoms with Gasteiger partial charge in [-0.1, -0.05) is 6.07 Å². The predicted molar refractivity (Wildman–Crippen MR) is 74.5 cm³/mol. The van der Waals surface area contributed by atoms with Gasteiger partial charge >= 0.3 is 0 Å². The van der Waals surface area contributed by atoms with Crippen LogP contribution in [0.5, 0.6) is 0 Å². The van der Waals surface area contributed by atoms with Crippen LogP contribution in [-0.4, -0.2) is 32.9 Å². The van der Waals surface area contributed by atoms with Crippen LogP contribution in [0, 0.1) is 5.92 Å². The Bertz CT molecular complexity index is 472. The van der Waals surface area contributed by atoms with E-state index >= 15 is 0 Å². The van der Waals surface area contributed by atoms with Gasteiger partial charge in [0.2, 0.25) is 0 Å². The Kier molecular flexibility index (Phi) is 3.89. The summed E-state index contributed by atoms with van der Waals surface area (Å²) in [5.41, 5.74) is 1.23. The Labute approximate surface area is 113 Å². The summed E-state index contributed by atoms with van der Waals surface area (Å²) in [7, 11) is 0. The quantitative estimate of drug-likeness (QED) is 0.912. The molecule has 1 fully saturated rings. The minimum Gasteiger partial charge on any atom is -0.348 e. The van der Waals surface area contributed by atoms with E-state index in [4.69, 9.17) is 0 Å². The normalized spacial score (nSPS) is 17.7. The molecule has 0 aliphatic carbocycles. The molecule has 0 saturated carbocycles. The van der Waals surface area contributed by atoms with E-state index in [0.29, 0.717) is 0 Å². The maximum absolute atomic E-state index is 4.42. The number of piperidine rings is 1. The van der Waals surface area contributed by atoms with Crippen molar-refractivity contribution in [2.75, 3.05) is 13.1 Å². The summed E-state index contributed by atoms with van der Waals surface area (Å²) in [6, 6.07) is 6.19. The van der Waals surface area contributed by atoms with Crippen LogP contribution < -0.4 is 0 Å². The average Bonchev–Trinajstić information content (AvgIpc) is 2.95. The number of likely N-dealkylation sites (tertiary alicyclic amines) is 1. The number of aromatic amines is 1. The van der Waals surface area contributed by atoms with E-state index in [-0.39, 0.29) is 0 Å². The average molecular weight is 256 g/mol. The SMILES string of the molecule is c1ccc(CC2CCN(Cc3ncc[nH]3)CC2)nc1. The van der Waals surface area contributed by atoms with Crippen molar-refractivity contribution in [1.82, 2.24) is 19.9 Å². The molecule has 0 aromatic carbocycles. The zero-order valence-corrected chi connectivity index (χ0v) is 11.1. The molecule has 100 valence electrons. The molecule has 0 unspecified atom stereocenters. The molecule has 0 amide bonds. The van der Waals surface area contributed by atoms with Gasteiger partial charge in [0.25, 0.3) is 0 Å². The standard InChI is InChI=1S/C15H20N4/c1-2-6-16-14(3-1)11-13-4-9-19(10-5-13)12-15-17-7-8-18-15/h1-3,6-8,13H,4-5,9-12H2,(H,17,18). The number of aromatic nitrogens is 3. The molecule has 4 heteroatoms. The lowest BCUT2D eigenvalue weighted by Crippen LogP contribution is -2.34. The summed E-state index contributed by atoms with van der Waals surface area (Å²) < 4.78 is 0. The van der Waals surface area contributed by atoms with Crippen molar-refractivity contribution in [2.24, 2.45) is 5.92 Å². The van der Waals surface area contributed by atoms with Crippen LogP contribution >= 0.6 is 0 Å². The molecule has 1 aliphatic rings. The highest BCUT2D eigenvalue weighted by Crippen LogP contribution is 2.21. The fraction of sp³-hybridized carbons (Fsp3) is 0.467. The van der Waals surface area contributed by atoms with Gasteiger partial charge in [0.05, 0.1) is 6.54 Å². The monoisotopic (exact) mass is 256 g/mol. The first-order chi connectivity index (χ1) is 9.40. The molecule has 0 bridgehead atoms. The fourth-order valence-corrected chi connectivity index (χ4v) is 2.76. The summed E-state index contributed by atoms with van der Waals surface area (Å²) in [5, 5.41) is 0. The van der Waals surface area contributed by atoms with E-state index < -0.39 is 0 Å². The third kappa shape index (κ3) is 3.41. The summed E-state index contributed by atoms with van der Waals surface area (Å²) in [6.07, 6.45) is 9.25. The smallest absolute Gasteiger partial charge is 0.120 e. The first-order valence-corrected chi connectivity index (χ1v) is 7.00. The largest absolute Gasteiger partial charge is 0.348 e. The highest BCUT2D eigenvalue weighted by atomic mass is 15.1. The third-order valence-corrected chi connectivity index (χ3v) is 3.86. The maximum atomic E-state index is 4.42. The topological polar surface area (TPSA) is 44.8 Å². The minimum absolute atomic E-state index is 0.780.